The van der Waals surface area contributed by atoms with Gasteiger partial charge in [0.2, 0.25) is 5.91 Å². The first-order chi connectivity index (χ1) is 10.0. The van der Waals surface area contributed by atoms with Crippen LogP contribution in [0.5, 0.6) is 11.5 Å². The Morgan fingerprint density at radius 1 is 1.33 bits per heavy atom. The SMILES string of the molecule is O=C(CC1CCCCN1)Nc1ccc2c(c1)OC(F)(F)O2. The van der Waals surface area contributed by atoms with Crippen molar-refractivity contribution < 1.29 is 23.0 Å². The van der Waals surface area contributed by atoms with Crippen molar-refractivity contribution in [2.24, 2.45) is 0 Å². The van der Waals surface area contributed by atoms with Crippen molar-refractivity contribution in [3.63, 3.8) is 0 Å². The van der Waals surface area contributed by atoms with Crippen LogP contribution in [0.25, 0.3) is 0 Å². The van der Waals surface area contributed by atoms with E-state index in [0.29, 0.717) is 12.1 Å². The number of hydrogen-bond donors (Lipinski definition) is 2. The molecule has 1 unspecified atom stereocenters. The zero-order valence-electron chi connectivity index (χ0n) is 11.3. The summed E-state index contributed by atoms with van der Waals surface area (Å²) in [5.41, 5.74) is 0.413. The molecule has 2 N–H and O–H groups in total. The first-order valence-corrected chi connectivity index (χ1v) is 6.95. The minimum atomic E-state index is -3.64. The first-order valence-electron chi connectivity index (χ1n) is 6.95. The fourth-order valence-corrected chi connectivity index (χ4v) is 2.56. The summed E-state index contributed by atoms with van der Waals surface area (Å²) in [6.07, 6.45) is -0.0547. The quantitative estimate of drug-likeness (QED) is 0.900. The minimum absolute atomic E-state index is 0.0352. The molecule has 1 fully saturated rings. The maximum absolute atomic E-state index is 12.9. The van der Waals surface area contributed by atoms with E-state index in [-0.39, 0.29) is 23.4 Å². The van der Waals surface area contributed by atoms with E-state index in [2.05, 4.69) is 20.1 Å². The van der Waals surface area contributed by atoms with Gasteiger partial charge in [-0.25, -0.2) is 0 Å². The maximum atomic E-state index is 12.9. The third-order valence-electron chi connectivity index (χ3n) is 3.53. The van der Waals surface area contributed by atoms with E-state index < -0.39 is 6.29 Å². The number of fused-ring (bicyclic) bond motifs is 1. The summed E-state index contributed by atoms with van der Waals surface area (Å²) in [7, 11) is 0. The fraction of sp³-hybridized carbons (Fsp3) is 0.500. The van der Waals surface area contributed by atoms with Crippen molar-refractivity contribution in [3.8, 4) is 11.5 Å². The van der Waals surface area contributed by atoms with E-state index in [1.54, 1.807) is 0 Å². The monoisotopic (exact) mass is 298 g/mol. The second-order valence-electron chi connectivity index (χ2n) is 5.23. The normalized spacial score (nSPS) is 22.9. The minimum Gasteiger partial charge on any atom is -0.395 e. The Hall–Kier alpha value is -1.89. The number of halogens is 2. The number of benzene rings is 1. The Morgan fingerprint density at radius 3 is 2.90 bits per heavy atom. The van der Waals surface area contributed by atoms with Gasteiger partial charge in [0.15, 0.2) is 11.5 Å². The van der Waals surface area contributed by atoms with Crippen molar-refractivity contribution in [3.05, 3.63) is 18.2 Å². The third kappa shape index (κ3) is 3.41. The summed E-state index contributed by atoms with van der Waals surface area (Å²) < 4.78 is 34.4. The molecule has 21 heavy (non-hydrogen) atoms. The number of alkyl halides is 2. The van der Waals surface area contributed by atoms with Crippen LogP contribution in [0, 0.1) is 0 Å². The van der Waals surface area contributed by atoms with Gasteiger partial charge in [-0.05, 0) is 31.5 Å². The number of rotatable bonds is 3. The van der Waals surface area contributed by atoms with Gasteiger partial charge in [-0.2, -0.15) is 0 Å². The van der Waals surface area contributed by atoms with Crippen molar-refractivity contribution in [2.75, 3.05) is 11.9 Å². The van der Waals surface area contributed by atoms with E-state index in [4.69, 9.17) is 0 Å². The summed E-state index contributed by atoms with van der Waals surface area (Å²) in [5, 5.41) is 5.97. The van der Waals surface area contributed by atoms with E-state index >= 15 is 0 Å². The van der Waals surface area contributed by atoms with E-state index in [9.17, 15) is 13.6 Å². The lowest BCUT2D eigenvalue weighted by atomic mass is 10.0. The molecule has 1 aromatic carbocycles. The van der Waals surface area contributed by atoms with Gasteiger partial charge in [-0.1, -0.05) is 6.42 Å². The summed E-state index contributed by atoms with van der Waals surface area (Å²) in [6, 6.07) is 4.38. The Labute approximate surface area is 120 Å². The lowest BCUT2D eigenvalue weighted by Gasteiger charge is -2.22. The molecule has 1 aromatic rings. The van der Waals surface area contributed by atoms with Crippen LogP contribution in [0.1, 0.15) is 25.7 Å². The van der Waals surface area contributed by atoms with Gasteiger partial charge < -0.3 is 20.1 Å². The zero-order chi connectivity index (χ0) is 14.9. The molecule has 0 bridgehead atoms. The highest BCUT2D eigenvalue weighted by Crippen LogP contribution is 2.42. The molecule has 5 nitrogen and oxygen atoms in total. The lowest BCUT2D eigenvalue weighted by Crippen LogP contribution is -2.36. The smallest absolute Gasteiger partial charge is 0.395 e. The summed E-state index contributed by atoms with van der Waals surface area (Å²) in [6.45, 7) is 0.928. The largest absolute Gasteiger partial charge is 0.586 e. The Bertz CT molecular complexity index is 545. The molecule has 2 aliphatic rings. The Kier molecular flexibility index (Phi) is 3.67. The zero-order valence-corrected chi connectivity index (χ0v) is 11.3. The van der Waals surface area contributed by atoms with Crippen LogP contribution in [-0.2, 0) is 4.79 Å². The molecule has 1 amide bonds. The molecule has 0 saturated carbocycles. The highest BCUT2D eigenvalue weighted by Gasteiger charge is 2.43. The molecule has 7 heteroatoms. The van der Waals surface area contributed by atoms with Crippen molar-refractivity contribution >= 4 is 11.6 Å². The fourth-order valence-electron chi connectivity index (χ4n) is 2.56. The maximum Gasteiger partial charge on any atom is 0.586 e. The van der Waals surface area contributed by atoms with Crippen LogP contribution in [0.4, 0.5) is 14.5 Å². The molecule has 2 aliphatic heterocycles. The van der Waals surface area contributed by atoms with Crippen LogP contribution >= 0.6 is 0 Å². The molecule has 1 atom stereocenters. The Morgan fingerprint density at radius 2 is 2.14 bits per heavy atom. The molecule has 3 rings (SSSR count). The molecule has 114 valence electrons. The molecule has 0 spiro atoms. The summed E-state index contributed by atoms with van der Waals surface area (Å²) in [4.78, 5) is 11.9. The van der Waals surface area contributed by atoms with Gasteiger partial charge in [-0.3, -0.25) is 4.79 Å². The van der Waals surface area contributed by atoms with Crippen LogP contribution in [0.15, 0.2) is 18.2 Å². The standard InChI is InChI=1S/C14H16F2N2O3/c15-14(16)20-11-5-4-10(7-12(11)21-14)18-13(19)8-9-3-1-2-6-17-9/h4-5,7,9,17H,1-3,6,8H2,(H,18,19). The summed E-state index contributed by atoms with van der Waals surface area (Å²) in [5.74, 6) is -0.263. The van der Waals surface area contributed by atoms with E-state index in [0.717, 1.165) is 25.8 Å². The van der Waals surface area contributed by atoms with Gasteiger partial charge in [0.1, 0.15) is 0 Å². The number of hydrogen-bond acceptors (Lipinski definition) is 4. The molecule has 2 heterocycles. The average molecular weight is 298 g/mol. The van der Waals surface area contributed by atoms with Crippen molar-refractivity contribution in [1.82, 2.24) is 5.32 Å². The summed E-state index contributed by atoms with van der Waals surface area (Å²) >= 11 is 0. The number of piperidine rings is 1. The molecule has 0 aliphatic carbocycles. The van der Waals surface area contributed by atoms with Gasteiger partial charge in [-0.15, -0.1) is 8.78 Å². The van der Waals surface area contributed by atoms with Crippen molar-refractivity contribution in [1.29, 1.82) is 0 Å². The number of amides is 1. The van der Waals surface area contributed by atoms with Gasteiger partial charge in [0, 0.05) is 24.2 Å². The molecule has 0 radical (unpaired) electrons. The van der Waals surface area contributed by atoms with Gasteiger partial charge >= 0.3 is 6.29 Å². The number of ether oxygens (including phenoxy) is 2. The second-order valence-corrected chi connectivity index (χ2v) is 5.23. The van der Waals surface area contributed by atoms with Crippen LogP contribution in [0.3, 0.4) is 0 Å². The highest BCUT2D eigenvalue weighted by atomic mass is 19.3. The van der Waals surface area contributed by atoms with Crippen molar-refractivity contribution in [2.45, 2.75) is 38.0 Å². The predicted molar refractivity (Wildman–Crippen MR) is 71.5 cm³/mol. The van der Waals surface area contributed by atoms with E-state index in [1.165, 1.54) is 18.2 Å². The molecular weight excluding hydrogens is 282 g/mol. The topological polar surface area (TPSA) is 59.6 Å². The second kappa shape index (κ2) is 5.48. The third-order valence-corrected chi connectivity index (χ3v) is 3.53. The number of anilines is 1. The number of nitrogens with one attached hydrogen (secondary N) is 2. The first kappa shape index (κ1) is 14.1. The average Bonchev–Trinajstić information content (AvgIpc) is 2.73. The molecule has 0 aromatic heterocycles. The van der Waals surface area contributed by atoms with Gasteiger partial charge in [0.05, 0.1) is 0 Å². The van der Waals surface area contributed by atoms with Crippen LogP contribution in [-0.4, -0.2) is 24.8 Å². The van der Waals surface area contributed by atoms with Gasteiger partial charge in [0.25, 0.3) is 0 Å². The van der Waals surface area contributed by atoms with Crippen LogP contribution in [0.2, 0.25) is 0 Å². The Balaban J connectivity index is 1.59. The number of carbonyl (C=O) groups is 1. The van der Waals surface area contributed by atoms with Crippen LogP contribution < -0.4 is 20.1 Å². The molecule has 1 saturated heterocycles. The highest BCUT2D eigenvalue weighted by molar-refractivity contribution is 5.91. The molecular formula is C14H16F2N2O3. The predicted octanol–water partition coefficient (Wildman–Crippen LogP) is 2.48. The lowest BCUT2D eigenvalue weighted by molar-refractivity contribution is -0.286. The number of carbonyl (C=O) groups excluding carboxylic acids is 1. The van der Waals surface area contributed by atoms with E-state index in [1.807, 2.05) is 0 Å².